The maximum Gasteiger partial charge on any atom is 0.109 e. The quantitative estimate of drug-likeness (QED) is 0.790. The number of benzene rings is 1. The largest absolute Gasteiger partial charge is 0.304 e. The van der Waals surface area contributed by atoms with Crippen molar-refractivity contribution in [2.24, 2.45) is 0 Å². The minimum Gasteiger partial charge on any atom is -0.304 e. The van der Waals surface area contributed by atoms with Gasteiger partial charge in [0.25, 0.3) is 0 Å². The van der Waals surface area contributed by atoms with E-state index < -0.39 is 0 Å². The van der Waals surface area contributed by atoms with Gasteiger partial charge in [-0.1, -0.05) is 24.3 Å². The van der Waals surface area contributed by atoms with Crippen LogP contribution < -0.4 is 5.32 Å². The van der Waals surface area contributed by atoms with Crippen LogP contribution in [-0.2, 0) is 6.54 Å². The molecular formula is C16H17N3S. The number of pyridine rings is 1. The second-order valence-electron chi connectivity index (χ2n) is 4.93. The normalized spacial score (nSPS) is 12.7. The Bertz CT molecular complexity index is 715. The summed E-state index contributed by atoms with van der Waals surface area (Å²) in [7, 11) is 0. The number of aryl methyl sites for hydroxylation is 1. The standard InChI is InChI=1S/C16H17N3S/c1-11-7-19-16(20-11)12(2)18-10-14-9-17-8-13-5-3-4-6-15(13)14/h3-9,12,18H,10H2,1-2H3. The van der Waals surface area contributed by atoms with Crippen LogP contribution in [0.1, 0.15) is 28.4 Å². The molecule has 1 atom stereocenters. The molecule has 0 radical (unpaired) electrons. The molecule has 0 bridgehead atoms. The third-order valence-electron chi connectivity index (χ3n) is 3.36. The fraction of sp³-hybridized carbons (Fsp3) is 0.250. The van der Waals surface area contributed by atoms with Crippen LogP contribution in [0.15, 0.2) is 42.9 Å². The first-order chi connectivity index (χ1) is 9.74. The summed E-state index contributed by atoms with van der Waals surface area (Å²) in [5, 5.41) is 7.11. The number of hydrogen-bond acceptors (Lipinski definition) is 4. The molecule has 2 heterocycles. The molecule has 0 aliphatic carbocycles. The molecule has 1 aromatic carbocycles. The third-order valence-corrected chi connectivity index (χ3v) is 4.45. The molecule has 0 aliphatic rings. The van der Waals surface area contributed by atoms with Gasteiger partial charge in [-0.2, -0.15) is 0 Å². The lowest BCUT2D eigenvalue weighted by Crippen LogP contribution is -2.18. The topological polar surface area (TPSA) is 37.8 Å². The highest BCUT2D eigenvalue weighted by Gasteiger charge is 2.09. The Balaban J connectivity index is 1.77. The highest BCUT2D eigenvalue weighted by Crippen LogP contribution is 2.21. The van der Waals surface area contributed by atoms with E-state index >= 15 is 0 Å². The first-order valence-electron chi connectivity index (χ1n) is 6.71. The average Bonchev–Trinajstić information content (AvgIpc) is 2.91. The van der Waals surface area contributed by atoms with Crippen molar-refractivity contribution in [3.63, 3.8) is 0 Å². The molecular weight excluding hydrogens is 266 g/mol. The SMILES string of the molecule is Cc1cnc(C(C)NCc2cncc3ccccc23)s1. The lowest BCUT2D eigenvalue weighted by molar-refractivity contribution is 0.573. The highest BCUT2D eigenvalue weighted by molar-refractivity contribution is 7.11. The maximum atomic E-state index is 4.43. The Morgan fingerprint density at radius 3 is 2.85 bits per heavy atom. The van der Waals surface area contributed by atoms with Crippen LogP contribution in [-0.4, -0.2) is 9.97 Å². The molecule has 102 valence electrons. The zero-order valence-corrected chi connectivity index (χ0v) is 12.4. The van der Waals surface area contributed by atoms with Crippen LogP contribution >= 0.6 is 11.3 Å². The molecule has 20 heavy (non-hydrogen) atoms. The third kappa shape index (κ3) is 2.71. The fourth-order valence-electron chi connectivity index (χ4n) is 2.24. The van der Waals surface area contributed by atoms with Crippen molar-refractivity contribution < 1.29 is 0 Å². The van der Waals surface area contributed by atoms with Crippen LogP contribution in [0, 0.1) is 6.92 Å². The van der Waals surface area contributed by atoms with Gasteiger partial charge in [0.2, 0.25) is 0 Å². The summed E-state index contributed by atoms with van der Waals surface area (Å²) in [6.07, 6.45) is 5.78. The summed E-state index contributed by atoms with van der Waals surface area (Å²) in [6, 6.07) is 8.61. The van der Waals surface area contributed by atoms with Crippen LogP contribution in [0.25, 0.3) is 10.8 Å². The number of thiazole rings is 1. The second kappa shape index (κ2) is 5.69. The maximum absolute atomic E-state index is 4.43. The molecule has 0 aliphatic heterocycles. The van der Waals surface area contributed by atoms with Gasteiger partial charge in [-0.15, -0.1) is 11.3 Å². The predicted octanol–water partition coefficient (Wildman–Crippen LogP) is 3.85. The van der Waals surface area contributed by atoms with Gasteiger partial charge in [-0.05, 0) is 24.8 Å². The molecule has 1 unspecified atom stereocenters. The molecule has 3 nitrogen and oxygen atoms in total. The summed E-state index contributed by atoms with van der Waals surface area (Å²) in [5.41, 5.74) is 1.23. The van der Waals surface area contributed by atoms with E-state index in [0.717, 1.165) is 11.6 Å². The number of nitrogens with one attached hydrogen (secondary N) is 1. The Hall–Kier alpha value is -1.78. The minimum atomic E-state index is 0.257. The van der Waals surface area contributed by atoms with E-state index in [9.17, 15) is 0 Å². The zero-order valence-electron chi connectivity index (χ0n) is 11.6. The van der Waals surface area contributed by atoms with Gasteiger partial charge in [-0.25, -0.2) is 4.98 Å². The lowest BCUT2D eigenvalue weighted by atomic mass is 10.1. The van der Waals surface area contributed by atoms with Crippen molar-refractivity contribution in [1.82, 2.24) is 15.3 Å². The van der Waals surface area contributed by atoms with E-state index in [1.54, 1.807) is 11.3 Å². The zero-order chi connectivity index (χ0) is 13.9. The van der Waals surface area contributed by atoms with Gasteiger partial charge >= 0.3 is 0 Å². The van der Waals surface area contributed by atoms with E-state index in [1.807, 2.05) is 24.7 Å². The smallest absolute Gasteiger partial charge is 0.109 e. The lowest BCUT2D eigenvalue weighted by Gasteiger charge is -2.12. The Labute approximate surface area is 122 Å². The van der Waals surface area contributed by atoms with E-state index in [0.29, 0.717) is 0 Å². The number of fused-ring (bicyclic) bond motifs is 1. The monoisotopic (exact) mass is 283 g/mol. The highest BCUT2D eigenvalue weighted by atomic mass is 32.1. The van der Waals surface area contributed by atoms with Crippen molar-refractivity contribution in [2.45, 2.75) is 26.4 Å². The summed E-state index contributed by atoms with van der Waals surface area (Å²) in [6.45, 7) is 5.04. The van der Waals surface area contributed by atoms with E-state index in [-0.39, 0.29) is 6.04 Å². The summed E-state index contributed by atoms with van der Waals surface area (Å²) in [5.74, 6) is 0. The number of aromatic nitrogens is 2. The fourth-order valence-corrected chi connectivity index (χ4v) is 3.04. The molecule has 0 amide bonds. The molecule has 3 rings (SSSR count). The summed E-state index contributed by atoms with van der Waals surface area (Å²) in [4.78, 5) is 10.00. The first-order valence-corrected chi connectivity index (χ1v) is 7.53. The van der Waals surface area contributed by atoms with Crippen molar-refractivity contribution in [3.8, 4) is 0 Å². The molecule has 1 N–H and O–H groups in total. The summed E-state index contributed by atoms with van der Waals surface area (Å²) >= 11 is 1.75. The van der Waals surface area contributed by atoms with Crippen molar-refractivity contribution in [2.75, 3.05) is 0 Å². The van der Waals surface area contributed by atoms with Gasteiger partial charge in [-0.3, -0.25) is 4.98 Å². The molecule has 2 aromatic heterocycles. The van der Waals surface area contributed by atoms with Crippen LogP contribution in [0.5, 0.6) is 0 Å². The van der Waals surface area contributed by atoms with Gasteiger partial charge in [0.05, 0.1) is 6.04 Å². The Morgan fingerprint density at radius 2 is 2.05 bits per heavy atom. The molecule has 4 heteroatoms. The van der Waals surface area contributed by atoms with Crippen molar-refractivity contribution >= 4 is 22.1 Å². The Morgan fingerprint density at radius 1 is 1.20 bits per heavy atom. The number of rotatable bonds is 4. The number of hydrogen-bond donors (Lipinski definition) is 1. The molecule has 0 saturated carbocycles. The van der Waals surface area contributed by atoms with Crippen LogP contribution in [0.2, 0.25) is 0 Å². The average molecular weight is 283 g/mol. The van der Waals surface area contributed by atoms with Crippen LogP contribution in [0.3, 0.4) is 0 Å². The molecule has 0 saturated heterocycles. The predicted molar refractivity (Wildman–Crippen MR) is 83.8 cm³/mol. The van der Waals surface area contributed by atoms with E-state index in [1.165, 1.54) is 21.2 Å². The van der Waals surface area contributed by atoms with E-state index in [4.69, 9.17) is 0 Å². The molecule has 0 spiro atoms. The van der Waals surface area contributed by atoms with E-state index in [2.05, 4.69) is 47.3 Å². The van der Waals surface area contributed by atoms with Crippen LogP contribution in [0.4, 0.5) is 0 Å². The first kappa shape index (κ1) is 13.2. The van der Waals surface area contributed by atoms with Gasteiger partial charge in [0, 0.05) is 35.4 Å². The molecule has 3 aromatic rings. The molecule has 0 fully saturated rings. The second-order valence-corrected chi connectivity index (χ2v) is 6.20. The minimum absolute atomic E-state index is 0.257. The Kier molecular flexibility index (Phi) is 3.76. The summed E-state index contributed by atoms with van der Waals surface area (Å²) < 4.78 is 0. The van der Waals surface area contributed by atoms with Gasteiger partial charge < -0.3 is 5.32 Å². The van der Waals surface area contributed by atoms with Crippen molar-refractivity contribution in [3.05, 3.63) is 58.3 Å². The number of nitrogens with zero attached hydrogens (tertiary/aromatic N) is 2. The van der Waals surface area contributed by atoms with Gasteiger partial charge in [0.15, 0.2) is 0 Å². The van der Waals surface area contributed by atoms with Gasteiger partial charge in [0.1, 0.15) is 5.01 Å². The van der Waals surface area contributed by atoms with Crippen molar-refractivity contribution in [1.29, 1.82) is 0 Å².